The summed E-state index contributed by atoms with van der Waals surface area (Å²) in [6.07, 6.45) is 1.47. The zero-order valence-corrected chi connectivity index (χ0v) is 19.7. The van der Waals surface area contributed by atoms with Crippen molar-refractivity contribution in [2.45, 2.75) is 51.4 Å². The molecule has 3 rings (SSSR count). The van der Waals surface area contributed by atoms with Gasteiger partial charge in [-0.15, -0.1) is 0 Å². The average molecular weight is 438 g/mol. The van der Waals surface area contributed by atoms with Gasteiger partial charge in [-0.05, 0) is 29.7 Å². The van der Waals surface area contributed by atoms with E-state index < -0.39 is 14.1 Å². The average Bonchev–Trinajstić information content (AvgIpc) is 3.18. The maximum Gasteiger partial charge on any atom is 0.224 e. The van der Waals surface area contributed by atoms with Gasteiger partial charge in [-0.3, -0.25) is 14.4 Å². The number of carbonyl (C=O) groups excluding carboxylic acids is 3. The Morgan fingerprint density at radius 2 is 1.71 bits per heavy atom. The molecular weight excluding hydrogens is 406 g/mol. The fourth-order valence-corrected chi connectivity index (χ4v) is 5.04. The van der Waals surface area contributed by atoms with E-state index in [1.165, 1.54) is 5.19 Å². The van der Waals surface area contributed by atoms with E-state index in [-0.39, 0.29) is 36.2 Å². The Balaban J connectivity index is 1.79. The van der Waals surface area contributed by atoms with E-state index in [1.807, 2.05) is 12.1 Å². The Hall–Kier alpha value is -2.73. The summed E-state index contributed by atoms with van der Waals surface area (Å²) in [5.74, 6) is 0.134. The van der Waals surface area contributed by atoms with Crippen LogP contribution in [-0.4, -0.2) is 32.7 Å². The lowest BCUT2D eigenvalue weighted by molar-refractivity contribution is -0.130. The number of hydrogen-bond acceptors (Lipinski definition) is 4. The largest absolute Gasteiger partial charge is 0.497 e. The molecule has 164 valence electrons. The third-order valence-electron chi connectivity index (χ3n) is 5.87. The number of benzene rings is 2. The van der Waals surface area contributed by atoms with Crippen LogP contribution in [0.4, 0.5) is 0 Å². The SMILES string of the molecule is COc1ccc(C(NC(=O)C2CCC(=O)C2)C(=O)Cc2ccc([Si](C)(C)C)cc2)cc1. The molecule has 0 radical (unpaired) electrons. The molecule has 1 aliphatic carbocycles. The molecule has 6 heteroatoms. The molecule has 2 aromatic carbocycles. The Kier molecular flexibility index (Phi) is 7.10. The predicted octanol–water partition coefficient (Wildman–Crippen LogP) is 3.58. The van der Waals surface area contributed by atoms with Gasteiger partial charge >= 0.3 is 0 Å². The molecule has 0 aromatic heterocycles. The Labute approximate surface area is 185 Å². The van der Waals surface area contributed by atoms with E-state index >= 15 is 0 Å². The number of nitrogens with one attached hydrogen (secondary N) is 1. The molecule has 1 N–H and O–H groups in total. The number of carbonyl (C=O) groups is 3. The van der Waals surface area contributed by atoms with Crippen LogP contribution in [0.1, 0.15) is 36.4 Å². The van der Waals surface area contributed by atoms with Crippen molar-refractivity contribution in [3.05, 3.63) is 59.7 Å². The highest BCUT2D eigenvalue weighted by atomic mass is 28.3. The van der Waals surface area contributed by atoms with Crippen molar-refractivity contribution in [2.75, 3.05) is 7.11 Å². The van der Waals surface area contributed by atoms with E-state index in [9.17, 15) is 14.4 Å². The number of Topliss-reactive ketones (excluding diaryl/α,β-unsaturated/α-hetero) is 2. The van der Waals surface area contributed by atoms with Gasteiger partial charge in [-0.25, -0.2) is 0 Å². The van der Waals surface area contributed by atoms with Crippen LogP contribution in [-0.2, 0) is 20.8 Å². The van der Waals surface area contributed by atoms with Crippen LogP contribution in [0.15, 0.2) is 48.5 Å². The van der Waals surface area contributed by atoms with Crippen molar-refractivity contribution in [1.29, 1.82) is 0 Å². The zero-order chi connectivity index (χ0) is 22.6. The van der Waals surface area contributed by atoms with Crippen LogP contribution in [0.5, 0.6) is 5.75 Å². The van der Waals surface area contributed by atoms with Crippen LogP contribution < -0.4 is 15.2 Å². The van der Waals surface area contributed by atoms with E-state index in [0.29, 0.717) is 24.2 Å². The van der Waals surface area contributed by atoms with Gasteiger partial charge in [0.2, 0.25) is 5.91 Å². The van der Waals surface area contributed by atoms with Crippen LogP contribution in [0, 0.1) is 5.92 Å². The summed E-state index contributed by atoms with van der Waals surface area (Å²) >= 11 is 0. The number of hydrogen-bond donors (Lipinski definition) is 1. The maximum absolute atomic E-state index is 13.3. The van der Waals surface area contributed by atoms with Crippen molar-refractivity contribution in [3.8, 4) is 5.75 Å². The zero-order valence-electron chi connectivity index (χ0n) is 18.7. The topological polar surface area (TPSA) is 72.5 Å². The van der Waals surface area contributed by atoms with Gasteiger partial charge in [0.15, 0.2) is 5.78 Å². The molecule has 1 saturated carbocycles. The smallest absolute Gasteiger partial charge is 0.224 e. The second-order valence-corrected chi connectivity index (χ2v) is 14.4. The van der Waals surface area contributed by atoms with E-state index in [4.69, 9.17) is 4.74 Å². The summed E-state index contributed by atoms with van der Waals surface area (Å²) in [6.45, 7) is 6.86. The van der Waals surface area contributed by atoms with E-state index in [0.717, 1.165) is 5.56 Å². The molecule has 1 aliphatic rings. The quantitative estimate of drug-likeness (QED) is 0.641. The molecule has 5 nitrogen and oxygen atoms in total. The molecule has 2 aromatic rings. The summed E-state index contributed by atoms with van der Waals surface area (Å²) in [4.78, 5) is 37.6. The van der Waals surface area contributed by atoms with Gasteiger partial charge in [-0.1, -0.05) is 61.2 Å². The van der Waals surface area contributed by atoms with Crippen molar-refractivity contribution >= 4 is 30.7 Å². The van der Waals surface area contributed by atoms with Crippen molar-refractivity contribution in [1.82, 2.24) is 5.32 Å². The van der Waals surface area contributed by atoms with E-state index in [1.54, 1.807) is 31.4 Å². The van der Waals surface area contributed by atoms with Crippen molar-refractivity contribution < 1.29 is 19.1 Å². The second-order valence-electron chi connectivity index (χ2n) is 9.28. The third-order valence-corrected chi connectivity index (χ3v) is 7.94. The molecule has 0 bridgehead atoms. The van der Waals surface area contributed by atoms with Gasteiger partial charge in [0.1, 0.15) is 17.6 Å². The van der Waals surface area contributed by atoms with Crippen LogP contribution >= 0.6 is 0 Å². The summed E-state index contributed by atoms with van der Waals surface area (Å²) in [5, 5.41) is 4.26. The number of ether oxygens (including phenoxy) is 1. The molecule has 0 aliphatic heterocycles. The third kappa shape index (κ3) is 5.91. The van der Waals surface area contributed by atoms with Crippen molar-refractivity contribution in [2.24, 2.45) is 5.92 Å². The van der Waals surface area contributed by atoms with Crippen molar-refractivity contribution in [3.63, 3.8) is 0 Å². The molecule has 2 atom stereocenters. The van der Waals surface area contributed by atoms with E-state index in [2.05, 4.69) is 37.1 Å². The summed E-state index contributed by atoms with van der Waals surface area (Å²) in [5.41, 5.74) is 1.64. The first-order chi connectivity index (χ1) is 14.7. The highest BCUT2D eigenvalue weighted by molar-refractivity contribution is 6.88. The van der Waals surface area contributed by atoms with Gasteiger partial charge in [0, 0.05) is 25.2 Å². The fourth-order valence-electron chi connectivity index (χ4n) is 3.87. The number of ketones is 2. The minimum Gasteiger partial charge on any atom is -0.497 e. The van der Waals surface area contributed by atoms with Crippen LogP contribution in [0.2, 0.25) is 19.6 Å². The Morgan fingerprint density at radius 3 is 2.23 bits per heavy atom. The highest BCUT2D eigenvalue weighted by Crippen LogP contribution is 2.25. The molecule has 0 heterocycles. The molecule has 0 spiro atoms. The van der Waals surface area contributed by atoms with Gasteiger partial charge < -0.3 is 10.1 Å². The van der Waals surface area contributed by atoms with Crippen LogP contribution in [0.25, 0.3) is 0 Å². The van der Waals surface area contributed by atoms with Gasteiger partial charge in [-0.2, -0.15) is 0 Å². The molecule has 2 unspecified atom stereocenters. The monoisotopic (exact) mass is 437 g/mol. The lowest BCUT2D eigenvalue weighted by Gasteiger charge is -2.21. The van der Waals surface area contributed by atoms with Crippen LogP contribution in [0.3, 0.4) is 0 Å². The number of methoxy groups -OCH3 is 1. The Bertz CT molecular complexity index is 945. The first-order valence-electron chi connectivity index (χ1n) is 10.8. The number of rotatable bonds is 8. The Morgan fingerprint density at radius 1 is 1.06 bits per heavy atom. The standard InChI is InChI=1S/C25H31NO4Si/c1-30-21-11-8-18(9-12-21)24(26-25(29)19-7-10-20(27)16-19)23(28)15-17-5-13-22(14-6-17)31(2,3)4/h5-6,8-9,11-14,19,24H,7,10,15-16H2,1-4H3,(H,26,29). The lowest BCUT2D eigenvalue weighted by Crippen LogP contribution is -2.38. The van der Waals surface area contributed by atoms with Gasteiger partial charge in [0.05, 0.1) is 15.2 Å². The normalized spacial score (nSPS) is 17.3. The summed E-state index contributed by atoms with van der Waals surface area (Å²) in [7, 11) is 0.180. The lowest BCUT2D eigenvalue weighted by atomic mass is 9.96. The molecule has 0 saturated heterocycles. The molecule has 1 amide bonds. The number of amides is 1. The summed E-state index contributed by atoms with van der Waals surface area (Å²) < 4.78 is 5.21. The highest BCUT2D eigenvalue weighted by Gasteiger charge is 2.31. The predicted molar refractivity (Wildman–Crippen MR) is 124 cm³/mol. The van der Waals surface area contributed by atoms with Gasteiger partial charge in [0.25, 0.3) is 0 Å². The fraction of sp³-hybridized carbons (Fsp3) is 0.400. The minimum atomic E-state index is -1.40. The summed E-state index contributed by atoms with van der Waals surface area (Å²) in [6, 6.07) is 14.6. The maximum atomic E-state index is 13.3. The molecular formula is C25H31NO4Si. The second kappa shape index (κ2) is 9.60. The molecule has 31 heavy (non-hydrogen) atoms. The first-order valence-corrected chi connectivity index (χ1v) is 14.3. The minimum absolute atomic E-state index is 0.0800. The molecule has 1 fully saturated rings. The first kappa shape index (κ1) is 22.9.